The van der Waals surface area contributed by atoms with Crippen molar-refractivity contribution in [3.63, 3.8) is 0 Å². The third-order valence-corrected chi connectivity index (χ3v) is 5.70. The summed E-state index contributed by atoms with van der Waals surface area (Å²) in [6.45, 7) is 0. The minimum absolute atomic E-state index is 0.0195. The molecular weight excluding hydrogens is 351 g/mol. The number of halogens is 3. The number of hydrogen-bond donors (Lipinski definition) is 0. The minimum Gasteiger partial charge on any atom is -0.269 e. The second-order valence-electron chi connectivity index (χ2n) is 5.53. The summed E-state index contributed by atoms with van der Waals surface area (Å²) in [6.07, 6.45) is -4.54. The van der Waals surface area contributed by atoms with Crippen LogP contribution < -0.4 is 4.31 Å². The molecule has 0 amide bonds. The van der Waals surface area contributed by atoms with Crippen LogP contribution in [0.2, 0.25) is 0 Å². The van der Waals surface area contributed by atoms with Gasteiger partial charge in [0.25, 0.3) is 10.0 Å². The van der Waals surface area contributed by atoms with E-state index in [1.54, 1.807) is 18.2 Å². The van der Waals surface area contributed by atoms with Gasteiger partial charge in [-0.25, -0.2) is 8.42 Å². The third kappa shape index (κ3) is 3.32. The summed E-state index contributed by atoms with van der Waals surface area (Å²) in [5.41, 5.74) is -0.950. The molecule has 0 aliphatic carbocycles. The molecule has 0 N–H and O–H groups in total. The van der Waals surface area contributed by atoms with E-state index in [0.717, 1.165) is 27.2 Å². The monoisotopic (exact) mass is 365 g/mol. The van der Waals surface area contributed by atoms with E-state index in [-0.39, 0.29) is 10.6 Å². The maximum absolute atomic E-state index is 12.9. The Labute approximate surface area is 143 Å². The molecule has 3 aromatic rings. The van der Waals surface area contributed by atoms with E-state index in [1.165, 1.54) is 31.3 Å². The molecule has 130 valence electrons. The molecule has 0 radical (unpaired) electrons. The van der Waals surface area contributed by atoms with Gasteiger partial charge in [0.05, 0.1) is 16.1 Å². The molecule has 0 atom stereocenters. The van der Waals surface area contributed by atoms with Crippen LogP contribution in [0.1, 0.15) is 5.56 Å². The largest absolute Gasteiger partial charge is 0.416 e. The molecule has 0 saturated carbocycles. The average molecular weight is 365 g/mol. The van der Waals surface area contributed by atoms with Crippen molar-refractivity contribution in [1.82, 2.24) is 0 Å². The predicted molar refractivity (Wildman–Crippen MR) is 91.0 cm³/mol. The molecule has 0 aromatic heterocycles. The first-order chi connectivity index (χ1) is 11.7. The average Bonchev–Trinajstić information content (AvgIpc) is 2.60. The second kappa shape index (κ2) is 6.07. The Morgan fingerprint density at radius 3 is 2.20 bits per heavy atom. The number of alkyl halides is 3. The number of sulfonamides is 1. The predicted octanol–water partition coefficient (Wildman–Crippen LogP) is 4.68. The van der Waals surface area contributed by atoms with Crippen molar-refractivity contribution in [2.45, 2.75) is 11.1 Å². The van der Waals surface area contributed by atoms with E-state index in [0.29, 0.717) is 0 Å². The Morgan fingerprint density at radius 1 is 0.840 bits per heavy atom. The van der Waals surface area contributed by atoms with Gasteiger partial charge < -0.3 is 0 Å². The zero-order valence-corrected chi connectivity index (χ0v) is 14.0. The lowest BCUT2D eigenvalue weighted by molar-refractivity contribution is -0.137. The fraction of sp³-hybridized carbons (Fsp3) is 0.111. The zero-order valence-electron chi connectivity index (χ0n) is 13.2. The first-order valence-electron chi connectivity index (χ1n) is 7.34. The van der Waals surface area contributed by atoms with Crippen LogP contribution >= 0.6 is 0 Å². The summed E-state index contributed by atoms with van der Waals surface area (Å²) in [4.78, 5) is 0.0195. The van der Waals surface area contributed by atoms with E-state index in [9.17, 15) is 21.6 Å². The highest BCUT2D eigenvalue weighted by Crippen LogP contribution is 2.33. The molecule has 0 saturated heterocycles. The second-order valence-corrected chi connectivity index (χ2v) is 7.50. The van der Waals surface area contributed by atoms with Crippen molar-refractivity contribution in [2.75, 3.05) is 11.4 Å². The summed E-state index contributed by atoms with van der Waals surface area (Å²) < 4.78 is 65.0. The van der Waals surface area contributed by atoms with Gasteiger partial charge in [-0.2, -0.15) is 13.2 Å². The van der Waals surface area contributed by atoms with E-state index < -0.39 is 21.8 Å². The lowest BCUT2D eigenvalue weighted by Gasteiger charge is -2.21. The van der Waals surface area contributed by atoms with Gasteiger partial charge in [-0.3, -0.25) is 4.31 Å². The quantitative estimate of drug-likeness (QED) is 0.676. The molecule has 25 heavy (non-hydrogen) atoms. The molecule has 0 aliphatic heterocycles. The summed E-state index contributed by atoms with van der Waals surface area (Å²) in [6, 6.07) is 16.1. The van der Waals surface area contributed by atoms with Crippen LogP contribution in [-0.2, 0) is 16.2 Å². The molecule has 0 aliphatic rings. The molecule has 3 nitrogen and oxygen atoms in total. The van der Waals surface area contributed by atoms with Crippen molar-refractivity contribution in [3.8, 4) is 0 Å². The summed E-state index contributed by atoms with van der Waals surface area (Å²) in [5, 5.41) is 1.61. The van der Waals surface area contributed by atoms with Crippen LogP contribution in [-0.4, -0.2) is 15.5 Å². The molecule has 0 unspecified atom stereocenters. The maximum atomic E-state index is 12.9. The van der Waals surface area contributed by atoms with Crippen LogP contribution in [0.4, 0.5) is 18.9 Å². The SMILES string of the molecule is CN(c1cccc(C(F)(F)F)c1)S(=O)(=O)c1ccc2ccccc2c1. The van der Waals surface area contributed by atoms with Gasteiger partial charge in [0.2, 0.25) is 0 Å². The standard InChI is InChI=1S/C18H14F3NO2S/c1-22(16-8-4-7-15(12-16)18(19,20)21)25(23,24)17-10-9-13-5-2-3-6-14(13)11-17/h2-12H,1H3. The van der Waals surface area contributed by atoms with Gasteiger partial charge >= 0.3 is 6.18 Å². The van der Waals surface area contributed by atoms with Crippen LogP contribution in [0.15, 0.2) is 71.6 Å². The highest BCUT2D eigenvalue weighted by atomic mass is 32.2. The third-order valence-electron chi connectivity index (χ3n) is 3.92. The highest BCUT2D eigenvalue weighted by Gasteiger charge is 2.31. The van der Waals surface area contributed by atoms with E-state index >= 15 is 0 Å². The Balaban J connectivity index is 2.04. The Kier molecular flexibility index (Phi) is 4.20. The number of fused-ring (bicyclic) bond motifs is 1. The number of hydrogen-bond acceptors (Lipinski definition) is 2. The van der Waals surface area contributed by atoms with Gasteiger partial charge in [0, 0.05) is 7.05 Å². The molecule has 3 aromatic carbocycles. The summed E-state index contributed by atoms with van der Waals surface area (Å²) >= 11 is 0. The number of rotatable bonds is 3. The van der Waals surface area contributed by atoms with Crippen LogP contribution in [0.3, 0.4) is 0 Å². The van der Waals surface area contributed by atoms with Crippen LogP contribution in [0.25, 0.3) is 10.8 Å². The molecule has 7 heteroatoms. The number of benzene rings is 3. The first-order valence-corrected chi connectivity index (χ1v) is 8.78. The minimum atomic E-state index is -4.54. The normalized spacial score (nSPS) is 12.3. The van der Waals surface area contributed by atoms with Gasteiger partial charge in [-0.05, 0) is 41.1 Å². The Bertz CT molecular complexity index is 1030. The summed E-state index contributed by atoms with van der Waals surface area (Å²) in [7, 11) is -2.74. The fourth-order valence-electron chi connectivity index (χ4n) is 2.50. The lowest BCUT2D eigenvalue weighted by Crippen LogP contribution is -2.26. The molecule has 0 bridgehead atoms. The fourth-order valence-corrected chi connectivity index (χ4v) is 3.73. The van der Waals surface area contributed by atoms with Crippen LogP contribution in [0, 0.1) is 0 Å². The van der Waals surface area contributed by atoms with E-state index in [2.05, 4.69) is 0 Å². The van der Waals surface area contributed by atoms with Crippen molar-refractivity contribution in [1.29, 1.82) is 0 Å². The summed E-state index contributed by atoms with van der Waals surface area (Å²) in [5.74, 6) is 0. The van der Waals surface area contributed by atoms with Crippen molar-refractivity contribution < 1.29 is 21.6 Å². The lowest BCUT2D eigenvalue weighted by atomic mass is 10.1. The Morgan fingerprint density at radius 2 is 1.52 bits per heavy atom. The highest BCUT2D eigenvalue weighted by molar-refractivity contribution is 7.92. The number of anilines is 1. The molecule has 0 fully saturated rings. The number of nitrogens with zero attached hydrogens (tertiary/aromatic N) is 1. The van der Waals surface area contributed by atoms with Crippen molar-refractivity contribution in [2.24, 2.45) is 0 Å². The zero-order chi connectivity index (χ0) is 18.2. The van der Waals surface area contributed by atoms with Gasteiger partial charge in [-0.15, -0.1) is 0 Å². The van der Waals surface area contributed by atoms with Gasteiger partial charge in [-0.1, -0.05) is 36.4 Å². The van der Waals surface area contributed by atoms with Crippen LogP contribution in [0.5, 0.6) is 0 Å². The smallest absolute Gasteiger partial charge is 0.269 e. The van der Waals surface area contributed by atoms with Crippen molar-refractivity contribution >= 4 is 26.5 Å². The first kappa shape index (κ1) is 17.3. The van der Waals surface area contributed by atoms with E-state index in [1.807, 2.05) is 12.1 Å². The topological polar surface area (TPSA) is 37.4 Å². The molecule has 0 heterocycles. The van der Waals surface area contributed by atoms with E-state index in [4.69, 9.17) is 0 Å². The maximum Gasteiger partial charge on any atom is 0.416 e. The van der Waals surface area contributed by atoms with Gasteiger partial charge in [0.15, 0.2) is 0 Å². The molecule has 3 rings (SSSR count). The molecular formula is C18H14F3NO2S. The molecule has 0 spiro atoms. The van der Waals surface area contributed by atoms with Gasteiger partial charge in [0.1, 0.15) is 0 Å². The van der Waals surface area contributed by atoms with Crippen molar-refractivity contribution in [3.05, 3.63) is 72.3 Å². The Hall–Kier alpha value is -2.54.